The molecule has 0 amide bonds. The summed E-state index contributed by atoms with van der Waals surface area (Å²) in [7, 11) is 0. The summed E-state index contributed by atoms with van der Waals surface area (Å²) in [6.07, 6.45) is 32.9. The Bertz CT molecular complexity index is 383. The van der Waals surface area contributed by atoms with E-state index in [4.69, 9.17) is 11.5 Å². The van der Waals surface area contributed by atoms with Crippen LogP contribution in [0.3, 0.4) is 0 Å². The fourth-order valence-corrected chi connectivity index (χ4v) is 4.58. The van der Waals surface area contributed by atoms with Crippen LogP contribution in [0.5, 0.6) is 0 Å². The number of nitrogens with zero attached hydrogens (tertiary/aromatic N) is 1. The lowest BCUT2D eigenvalue weighted by molar-refractivity contribution is 0.286. The fraction of sp³-hybridized carbons (Fsp3) is 0.933. The average molecular weight is 466 g/mol. The first-order chi connectivity index (χ1) is 16.2. The van der Waals surface area contributed by atoms with Crippen LogP contribution in [0.1, 0.15) is 149 Å². The second kappa shape index (κ2) is 27.9. The molecular weight excluding hydrogens is 402 g/mol. The van der Waals surface area contributed by atoms with Crippen molar-refractivity contribution in [2.24, 2.45) is 11.5 Å². The van der Waals surface area contributed by atoms with E-state index in [1.807, 2.05) is 0 Å². The maximum atomic E-state index is 6.26. The minimum atomic E-state index is 0.385. The lowest BCUT2D eigenvalue weighted by Crippen LogP contribution is -2.26. The highest BCUT2D eigenvalue weighted by atomic mass is 15.1. The highest BCUT2D eigenvalue weighted by molar-refractivity contribution is 4.86. The molecule has 0 fully saturated rings. The summed E-state index contributed by atoms with van der Waals surface area (Å²) in [5.74, 6) is 0. The van der Waals surface area contributed by atoms with Crippen molar-refractivity contribution in [1.29, 1.82) is 0 Å². The van der Waals surface area contributed by atoms with Gasteiger partial charge in [0.05, 0.1) is 0 Å². The van der Waals surface area contributed by atoms with Gasteiger partial charge in [-0.3, -0.25) is 4.90 Å². The molecule has 3 heteroatoms. The van der Waals surface area contributed by atoms with Gasteiger partial charge < -0.3 is 11.5 Å². The maximum absolute atomic E-state index is 6.26. The second-order valence-electron chi connectivity index (χ2n) is 10.3. The summed E-state index contributed by atoms with van der Waals surface area (Å²) in [5, 5.41) is 0. The zero-order valence-corrected chi connectivity index (χ0v) is 23.0. The highest BCUT2D eigenvalue weighted by Crippen LogP contribution is 2.12. The molecular formula is C30H63N3. The molecule has 0 spiro atoms. The predicted molar refractivity (Wildman–Crippen MR) is 151 cm³/mol. The van der Waals surface area contributed by atoms with Crippen LogP contribution < -0.4 is 11.5 Å². The van der Waals surface area contributed by atoms with Gasteiger partial charge >= 0.3 is 0 Å². The van der Waals surface area contributed by atoms with Crippen LogP contribution in [-0.4, -0.2) is 37.1 Å². The van der Waals surface area contributed by atoms with Gasteiger partial charge in [-0.25, -0.2) is 0 Å². The van der Waals surface area contributed by atoms with Crippen LogP contribution in [0.25, 0.3) is 0 Å². The van der Waals surface area contributed by atoms with Crippen molar-refractivity contribution in [3.63, 3.8) is 0 Å². The molecule has 33 heavy (non-hydrogen) atoms. The molecule has 3 nitrogen and oxygen atoms in total. The van der Waals surface area contributed by atoms with Gasteiger partial charge in [0.2, 0.25) is 0 Å². The summed E-state index contributed by atoms with van der Waals surface area (Å²) in [5.41, 5.74) is 11.9. The molecule has 0 radical (unpaired) electrons. The Kier molecular flexibility index (Phi) is 27.5. The van der Waals surface area contributed by atoms with Crippen LogP contribution >= 0.6 is 0 Å². The number of unbranched alkanes of at least 4 members (excludes halogenated alkanes) is 15. The Labute approximate surface area is 209 Å². The molecule has 0 bridgehead atoms. The predicted octanol–water partition coefficient (Wildman–Crippen LogP) is 8.36. The standard InChI is InChI=1S/C30H63N3/c1-3-5-7-8-9-10-11-12-13-15-21-27-33(28-22-16-14-20-26-31)29-23-17-19-25-30(32)24-18-6-4-2/h17,23,30H,3-16,18-22,24-29,31-32H2,1-2H3/b23-17-. The Balaban J connectivity index is 3.93. The van der Waals surface area contributed by atoms with Gasteiger partial charge in [0.1, 0.15) is 0 Å². The van der Waals surface area contributed by atoms with Crippen LogP contribution in [0.2, 0.25) is 0 Å². The molecule has 1 atom stereocenters. The van der Waals surface area contributed by atoms with E-state index in [9.17, 15) is 0 Å². The van der Waals surface area contributed by atoms with Crippen molar-refractivity contribution >= 4 is 0 Å². The van der Waals surface area contributed by atoms with Crippen LogP contribution in [0.15, 0.2) is 12.2 Å². The molecule has 0 aliphatic rings. The fourth-order valence-electron chi connectivity index (χ4n) is 4.58. The van der Waals surface area contributed by atoms with E-state index in [0.29, 0.717) is 6.04 Å². The van der Waals surface area contributed by atoms with E-state index in [2.05, 4.69) is 30.9 Å². The summed E-state index contributed by atoms with van der Waals surface area (Å²) in [6.45, 7) is 9.00. The minimum absolute atomic E-state index is 0.385. The third-order valence-electron chi connectivity index (χ3n) is 6.92. The van der Waals surface area contributed by atoms with Crippen molar-refractivity contribution in [2.75, 3.05) is 26.2 Å². The topological polar surface area (TPSA) is 55.3 Å². The molecule has 0 rings (SSSR count). The van der Waals surface area contributed by atoms with E-state index >= 15 is 0 Å². The van der Waals surface area contributed by atoms with E-state index < -0.39 is 0 Å². The Morgan fingerprint density at radius 3 is 1.61 bits per heavy atom. The molecule has 1 unspecified atom stereocenters. The smallest absolute Gasteiger partial charge is 0.0163 e. The molecule has 4 N–H and O–H groups in total. The quantitative estimate of drug-likeness (QED) is 0.0946. The summed E-state index contributed by atoms with van der Waals surface area (Å²) in [6, 6.07) is 0.385. The third kappa shape index (κ3) is 26.1. The first kappa shape index (κ1) is 32.6. The van der Waals surface area contributed by atoms with Crippen molar-refractivity contribution in [3.05, 3.63) is 12.2 Å². The van der Waals surface area contributed by atoms with Gasteiger partial charge in [-0.05, 0) is 58.2 Å². The van der Waals surface area contributed by atoms with Crippen molar-refractivity contribution in [3.8, 4) is 0 Å². The number of hydrogen-bond acceptors (Lipinski definition) is 3. The Hall–Kier alpha value is -0.380. The van der Waals surface area contributed by atoms with E-state index in [-0.39, 0.29) is 0 Å². The summed E-state index contributed by atoms with van der Waals surface area (Å²) >= 11 is 0. The van der Waals surface area contributed by atoms with E-state index in [1.165, 1.54) is 135 Å². The molecule has 0 saturated heterocycles. The largest absolute Gasteiger partial charge is 0.330 e. The normalized spacial score (nSPS) is 12.9. The van der Waals surface area contributed by atoms with Gasteiger partial charge in [0.25, 0.3) is 0 Å². The first-order valence-corrected chi connectivity index (χ1v) is 15.1. The first-order valence-electron chi connectivity index (χ1n) is 15.1. The third-order valence-corrected chi connectivity index (χ3v) is 6.92. The summed E-state index contributed by atoms with van der Waals surface area (Å²) < 4.78 is 0. The number of hydrogen-bond donors (Lipinski definition) is 2. The Morgan fingerprint density at radius 1 is 0.576 bits per heavy atom. The van der Waals surface area contributed by atoms with Crippen LogP contribution in [0.4, 0.5) is 0 Å². The lowest BCUT2D eigenvalue weighted by Gasteiger charge is -2.21. The average Bonchev–Trinajstić information content (AvgIpc) is 2.81. The minimum Gasteiger partial charge on any atom is -0.330 e. The number of allylic oxidation sites excluding steroid dienone is 1. The molecule has 0 heterocycles. The van der Waals surface area contributed by atoms with E-state index in [1.54, 1.807) is 0 Å². The molecule has 198 valence electrons. The second-order valence-corrected chi connectivity index (χ2v) is 10.3. The van der Waals surface area contributed by atoms with Gasteiger partial charge in [-0.15, -0.1) is 0 Å². The SMILES string of the molecule is CCCCCCCCCCCCCN(C/C=C\CCC(N)CCCCC)CCCCCCN. The molecule has 0 aliphatic carbocycles. The molecule has 0 saturated carbocycles. The maximum Gasteiger partial charge on any atom is 0.0163 e. The monoisotopic (exact) mass is 466 g/mol. The molecule has 0 aliphatic heterocycles. The van der Waals surface area contributed by atoms with Gasteiger partial charge in [-0.2, -0.15) is 0 Å². The molecule has 0 aromatic rings. The van der Waals surface area contributed by atoms with Gasteiger partial charge in [0, 0.05) is 12.6 Å². The molecule has 0 aromatic carbocycles. The number of nitrogens with two attached hydrogens (primary N) is 2. The highest BCUT2D eigenvalue weighted by Gasteiger charge is 2.04. The van der Waals surface area contributed by atoms with Crippen LogP contribution in [0, 0.1) is 0 Å². The van der Waals surface area contributed by atoms with Gasteiger partial charge in [-0.1, -0.05) is 122 Å². The van der Waals surface area contributed by atoms with Crippen molar-refractivity contribution in [1.82, 2.24) is 4.90 Å². The zero-order valence-electron chi connectivity index (χ0n) is 23.0. The summed E-state index contributed by atoms with van der Waals surface area (Å²) in [4.78, 5) is 2.67. The van der Waals surface area contributed by atoms with E-state index in [0.717, 1.165) is 25.9 Å². The molecule has 0 aromatic heterocycles. The zero-order chi connectivity index (χ0) is 24.2. The van der Waals surface area contributed by atoms with Crippen LogP contribution in [-0.2, 0) is 0 Å². The van der Waals surface area contributed by atoms with Crippen molar-refractivity contribution < 1.29 is 0 Å². The van der Waals surface area contributed by atoms with Crippen molar-refractivity contribution in [2.45, 2.75) is 155 Å². The number of rotatable bonds is 27. The lowest BCUT2D eigenvalue weighted by atomic mass is 10.0. The Morgan fingerprint density at radius 2 is 1.06 bits per heavy atom. The van der Waals surface area contributed by atoms with Gasteiger partial charge in [0.15, 0.2) is 0 Å².